The number of nitrogens with one attached hydrogen (secondary N) is 2. The number of H-pyrrole nitrogens is 1. The van der Waals surface area contributed by atoms with Gasteiger partial charge in [0.2, 0.25) is 11.6 Å². The highest BCUT2D eigenvalue weighted by Gasteiger charge is 2.17. The number of fused-ring (bicyclic) bond motifs is 1. The lowest BCUT2D eigenvalue weighted by atomic mass is 10.1. The SMILES string of the molecule is Cc1cc(Nc2nc(C(=O)c3ccc(F)cc3)nc3ccsc23)n[nH]1. The van der Waals surface area contributed by atoms with E-state index in [1.165, 1.54) is 35.6 Å². The van der Waals surface area contributed by atoms with Crippen LogP contribution < -0.4 is 5.32 Å². The van der Waals surface area contributed by atoms with Gasteiger partial charge in [-0.3, -0.25) is 9.89 Å². The predicted octanol–water partition coefficient (Wildman–Crippen LogP) is 3.84. The summed E-state index contributed by atoms with van der Waals surface area (Å²) in [6.07, 6.45) is 0. The Morgan fingerprint density at radius 1 is 1.20 bits per heavy atom. The maximum Gasteiger partial charge on any atom is 0.230 e. The van der Waals surface area contributed by atoms with Crippen LogP contribution in [0.1, 0.15) is 21.9 Å². The lowest BCUT2D eigenvalue weighted by Gasteiger charge is -2.06. The second kappa shape index (κ2) is 6.06. The van der Waals surface area contributed by atoms with E-state index in [4.69, 9.17) is 0 Å². The van der Waals surface area contributed by atoms with Gasteiger partial charge in [-0.2, -0.15) is 5.10 Å². The molecule has 2 N–H and O–H groups in total. The van der Waals surface area contributed by atoms with Crippen LogP contribution >= 0.6 is 11.3 Å². The maximum atomic E-state index is 13.1. The summed E-state index contributed by atoms with van der Waals surface area (Å²) < 4.78 is 13.9. The normalized spacial score (nSPS) is 11.0. The van der Waals surface area contributed by atoms with Crippen molar-refractivity contribution in [1.29, 1.82) is 0 Å². The molecule has 0 spiro atoms. The number of aryl methyl sites for hydroxylation is 1. The van der Waals surface area contributed by atoms with Gasteiger partial charge in [0.05, 0.1) is 10.2 Å². The van der Waals surface area contributed by atoms with Crippen LogP contribution in [-0.2, 0) is 0 Å². The Bertz CT molecular complexity index is 1070. The summed E-state index contributed by atoms with van der Waals surface area (Å²) in [5.41, 5.74) is 1.90. The molecule has 0 fully saturated rings. The van der Waals surface area contributed by atoms with Crippen molar-refractivity contribution in [1.82, 2.24) is 20.2 Å². The molecular formula is C17H12FN5OS. The molecule has 124 valence electrons. The summed E-state index contributed by atoms with van der Waals surface area (Å²) in [4.78, 5) is 21.3. The number of hydrogen-bond donors (Lipinski definition) is 2. The number of nitrogens with zero attached hydrogens (tertiary/aromatic N) is 3. The topological polar surface area (TPSA) is 83.6 Å². The molecule has 3 aromatic heterocycles. The van der Waals surface area contributed by atoms with Crippen LogP contribution in [0.4, 0.5) is 16.0 Å². The fraction of sp³-hybridized carbons (Fsp3) is 0.0588. The van der Waals surface area contributed by atoms with Crippen LogP contribution in [0.15, 0.2) is 41.8 Å². The fourth-order valence-corrected chi connectivity index (χ4v) is 3.16. The zero-order valence-corrected chi connectivity index (χ0v) is 13.9. The standard InChI is InChI=1S/C17H12FN5OS/c1-9-8-13(23-22-9)20-17-15-12(6-7-25-15)19-16(21-17)14(24)10-2-4-11(18)5-3-10/h2-8H,1H3,(H2,19,20,21,22,23). The van der Waals surface area contributed by atoms with E-state index in [0.29, 0.717) is 22.7 Å². The Balaban J connectivity index is 1.77. The first-order valence-corrected chi connectivity index (χ1v) is 8.32. The molecular weight excluding hydrogens is 341 g/mol. The zero-order valence-electron chi connectivity index (χ0n) is 13.1. The van der Waals surface area contributed by atoms with Crippen molar-refractivity contribution >= 4 is 39.0 Å². The average molecular weight is 353 g/mol. The van der Waals surface area contributed by atoms with Crippen LogP contribution in [-0.4, -0.2) is 25.9 Å². The zero-order chi connectivity index (χ0) is 17.4. The van der Waals surface area contributed by atoms with Crippen LogP contribution in [0.25, 0.3) is 10.2 Å². The van der Waals surface area contributed by atoms with Crippen molar-refractivity contribution in [2.45, 2.75) is 6.92 Å². The van der Waals surface area contributed by atoms with Crippen molar-refractivity contribution in [3.63, 3.8) is 0 Å². The number of carbonyl (C=O) groups excluding carboxylic acids is 1. The molecule has 0 bridgehead atoms. The number of thiophene rings is 1. The molecule has 0 aliphatic heterocycles. The summed E-state index contributed by atoms with van der Waals surface area (Å²) in [6, 6.07) is 8.98. The van der Waals surface area contributed by atoms with Gasteiger partial charge in [0.1, 0.15) is 5.82 Å². The highest BCUT2D eigenvalue weighted by molar-refractivity contribution is 7.17. The van der Waals surface area contributed by atoms with Gasteiger partial charge in [0.15, 0.2) is 11.6 Å². The number of carbonyl (C=O) groups is 1. The summed E-state index contributed by atoms with van der Waals surface area (Å²) in [5, 5.41) is 12.0. The molecule has 0 aliphatic rings. The number of aromatic nitrogens is 4. The number of rotatable bonds is 4. The largest absolute Gasteiger partial charge is 0.322 e. The average Bonchev–Trinajstić information content (AvgIpc) is 3.23. The van der Waals surface area contributed by atoms with Crippen LogP contribution in [0, 0.1) is 12.7 Å². The highest BCUT2D eigenvalue weighted by Crippen LogP contribution is 2.28. The minimum absolute atomic E-state index is 0.0484. The first kappa shape index (κ1) is 15.4. The molecule has 8 heteroatoms. The highest BCUT2D eigenvalue weighted by atomic mass is 32.1. The van der Waals surface area contributed by atoms with Crippen molar-refractivity contribution in [3.05, 3.63) is 64.7 Å². The van der Waals surface area contributed by atoms with E-state index in [1.807, 2.05) is 24.4 Å². The second-order valence-corrected chi connectivity index (χ2v) is 6.34. The van der Waals surface area contributed by atoms with Gasteiger partial charge in [-0.1, -0.05) is 0 Å². The smallest absolute Gasteiger partial charge is 0.230 e. The molecule has 0 saturated heterocycles. The van der Waals surface area contributed by atoms with Gasteiger partial charge in [0.25, 0.3) is 0 Å². The van der Waals surface area contributed by atoms with Crippen LogP contribution in [0.3, 0.4) is 0 Å². The van der Waals surface area contributed by atoms with Gasteiger partial charge in [0, 0.05) is 17.3 Å². The summed E-state index contributed by atoms with van der Waals surface area (Å²) in [5.74, 6) is 0.395. The maximum absolute atomic E-state index is 13.1. The van der Waals surface area contributed by atoms with Crippen LogP contribution in [0.2, 0.25) is 0 Å². The molecule has 6 nitrogen and oxygen atoms in total. The number of anilines is 2. The van der Waals surface area contributed by atoms with Gasteiger partial charge < -0.3 is 5.32 Å². The predicted molar refractivity (Wildman–Crippen MR) is 93.9 cm³/mol. The van der Waals surface area contributed by atoms with E-state index < -0.39 is 5.82 Å². The number of benzene rings is 1. The first-order valence-electron chi connectivity index (χ1n) is 7.45. The summed E-state index contributed by atoms with van der Waals surface area (Å²) in [6.45, 7) is 1.89. The third kappa shape index (κ3) is 2.99. The summed E-state index contributed by atoms with van der Waals surface area (Å²) in [7, 11) is 0. The molecule has 4 aromatic rings. The monoisotopic (exact) mass is 353 g/mol. The van der Waals surface area contributed by atoms with Crippen LogP contribution in [0.5, 0.6) is 0 Å². The van der Waals surface area contributed by atoms with E-state index >= 15 is 0 Å². The number of ketones is 1. The number of aromatic amines is 1. The number of hydrogen-bond acceptors (Lipinski definition) is 6. The number of halogens is 1. The van der Waals surface area contributed by atoms with Gasteiger partial charge in [-0.15, -0.1) is 11.3 Å². The Morgan fingerprint density at radius 3 is 2.72 bits per heavy atom. The molecule has 0 unspecified atom stereocenters. The summed E-state index contributed by atoms with van der Waals surface area (Å²) >= 11 is 1.47. The van der Waals surface area contributed by atoms with E-state index in [2.05, 4.69) is 25.5 Å². The Morgan fingerprint density at radius 2 is 2.00 bits per heavy atom. The lowest BCUT2D eigenvalue weighted by molar-refractivity contribution is 0.103. The van der Waals surface area contributed by atoms with Gasteiger partial charge in [-0.25, -0.2) is 14.4 Å². The minimum Gasteiger partial charge on any atom is -0.322 e. The van der Waals surface area contributed by atoms with E-state index in [9.17, 15) is 9.18 Å². The van der Waals surface area contributed by atoms with E-state index in [0.717, 1.165) is 10.4 Å². The van der Waals surface area contributed by atoms with E-state index in [-0.39, 0.29) is 11.6 Å². The molecule has 25 heavy (non-hydrogen) atoms. The lowest BCUT2D eigenvalue weighted by Crippen LogP contribution is -2.09. The van der Waals surface area contributed by atoms with E-state index in [1.54, 1.807) is 0 Å². The molecule has 0 saturated carbocycles. The molecule has 4 rings (SSSR count). The van der Waals surface area contributed by atoms with Crippen molar-refractivity contribution in [3.8, 4) is 0 Å². The molecule has 0 aliphatic carbocycles. The van der Waals surface area contributed by atoms with Gasteiger partial charge in [-0.05, 0) is 42.6 Å². The Hall–Kier alpha value is -3.13. The van der Waals surface area contributed by atoms with Crippen molar-refractivity contribution in [2.75, 3.05) is 5.32 Å². The molecule has 0 atom stereocenters. The van der Waals surface area contributed by atoms with Crippen molar-refractivity contribution in [2.24, 2.45) is 0 Å². The van der Waals surface area contributed by atoms with Crippen molar-refractivity contribution < 1.29 is 9.18 Å². The molecule has 0 amide bonds. The fourth-order valence-electron chi connectivity index (χ4n) is 2.38. The second-order valence-electron chi connectivity index (χ2n) is 5.43. The molecule has 1 aromatic carbocycles. The Kier molecular flexibility index (Phi) is 3.73. The quantitative estimate of drug-likeness (QED) is 0.545. The molecule has 0 radical (unpaired) electrons. The Labute approximate surface area is 145 Å². The first-order chi connectivity index (χ1) is 12.1. The minimum atomic E-state index is -0.401. The third-order valence-electron chi connectivity index (χ3n) is 3.57. The third-order valence-corrected chi connectivity index (χ3v) is 4.48. The van der Waals surface area contributed by atoms with Gasteiger partial charge >= 0.3 is 0 Å². The molecule has 3 heterocycles.